The number of likely N-dealkylation sites (tertiary alicyclic amines) is 1. The van der Waals surface area contributed by atoms with Gasteiger partial charge in [-0.05, 0) is 47.0 Å². The quantitative estimate of drug-likeness (QED) is 0.859. The van der Waals surface area contributed by atoms with E-state index < -0.39 is 0 Å². The third kappa shape index (κ3) is 4.19. The van der Waals surface area contributed by atoms with E-state index in [1.807, 2.05) is 12.1 Å². The Morgan fingerprint density at radius 3 is 2.68 bits per heavy atom. The summed E-state index contributed by atoms with van der Waals surface area (Å²) in [4.78, 5) is 13.7. The number of halogens is 2. The van der Waals surface area contributed by atoms with E-state index in [-0.39, 0.29) is 18.6 Å². The van der Waals surface area contributed by atoms with Crippen LogP contribution >= 0.6 is 31.9 Å². The van der Waals surface area contributed by atoms with Crippen molar-refractivity contribution in [2.45, 2.75) is 18.9 Å². The van der Waals surface area contributed by atoms with Crippen molar-refractivity contribution in [3.8, 4) is 5.75 Å². The number of aliphatic hydroxyl groups is 1. The molecule has 1 aliphatic heterocycles. The summed E-state index contributed by atoms with van der Waals surface area (Å²) < 4.78 is 7.27. The highest BCUT2D eigenvalue weighted by molar-refractivity contribution is 9.11. The van der Waals surface area contributed by atoms with Gasteiger partial charge in [-0.25, -0.2) is 0 Å². The first-order valence-electron chi connectivity index (χ1n) is 6.10. The zero-order chi connectivity index (χ0) is 13.8. The normalized spacial score (nSPS) is 16.5. The molecular weight excluding hydrogens is 378 g/mol. The van der Waals surface area contributed by atoms with Gasteiger partial charge in [-0.1, -0.05) is 15.9 Å². The number of benzene rings is 1. The standard InChI is InChI=1S/C13H15Br2NO3/c14-9-1-2-12(11(15)7-9)19-8-13(18)16-5-3-10(17)4-6-16/h1-2,7,10,17H,3-6,8H2. The average Bonchev–Trinajstić information content (AvgIpc) is 2.38. The lowest BCUT2D eigenvalue weighted by atomic mass is 10.1. The fourth-order valence-corrected chi connectivity index (χ4v) is 3.10. The minimum atomic E-state index is -0.273. The number of carbonyl (C=O) groups is 1. The molecule has 19 heavy (non-hydrogen) atoms. The Kier molecular flexibility index (Phi) is 5.24. The van der Waals surface area contributed by atoms with Crippen LogP contribution in [-0.4, -0.2) is 41.7 Å². The van der Waals surface area contributed by atoms with Gasteiger partial charge in [0.05, 0.1) is 10.6 Å². The van der Waals surface area contributed by atoms with Gasteiger partial charge >= 0.3 is 0 Å². The Balaban J connectivity index is 1.86. The highest BCUT2D eigenvalue weighted by Crippen LogP contribution is 2.28. The van der Waals surface area contributed by atoms with Crippen molar-refractivity contribution in [1.82, 2.24) is 4.90 Å². The van der Waals surface area contributed by atoms with Gasteiger partial charge < -0.3 is 14.7 Å². The fourth-order valence-electron chi connectivity index (χ4n) is 1.94. The number of aliphatic hydroxyl groups excluding tert-OH is 1. The number of piperidine rings is 1. The molecule has 1 aromatic rings. The molecular formula is C13H15Br2NO3. The summed E-state index contributed by atoms with van der Waals surface area (Å²) in [6, 6.07) is 5.54. The molecule has 0 radical (unpaired) electrons. The van der Waals surface area contributed by atoms with E-state index in [9.17, 15) is 9.90 Å². The molecule has 1 fully saturated rings. The van der Waals surface area contributed by atoms with Crippen LogP contribution in [0.1, 0.15) is 12.8 Å². The van der Waals surface area contributed by atoms with Gasteiger partial charge in [0.1, 0.15) is 5.75 Å². The molecule has 104 valence electrons. The SMILES string of the molecule is O=C(COc1ccc(Br)cc1Br)N1CCC(O)CC1. The third-order valence-electron chi connectivity index (χ3n) is 3.06. The molecule has 0 aliphatic carbocycles. The molecule has 1 N–H and O–H groups in total. The second-order valence-corrected chi connectivity index (χ2v) is 6.25. The molecule has 0 spiro atoms. The Morgan fingerprint density at radius 2 is 2.05 bits per heavy atom. The third-order valence-corrected chi connectivity index (χ3v) is 4.18. The fraction of sp³-hybridized carbons (Fsp3) is 0.462. The van der Waals surface area contributed by atoms with Crippen molar-refractivity contribution in [2.75, 3.05) is 19.7 Å². The molecule has 0 bridgehead atoms. The molecule has 1 heterocycles. The Morgan fingerprint density at radius 1 is 1.37 bits per heavy atom. The molecule has 1 amide bonds. The van der Waals surface area contributed by atoms with Crippen molar-refractivity contribution < 1.29 is 14.6 Å². The zero-order valence-corrected chi connectivity index (χ0v) is 13.5. The van der Waals surface area contributed by atoms with Crippen LogP contribution < -0.4 is 4.74 Å². The predicted octanol–water partition coefficient (Wildman–Crippen LogP) is 2.57. The largest absolute Gasteiger partial charge is 0.483 e. The number of nitrogens with zero attached hydrogens (tertiary/aromatic N) is 1. The summed E-state index contributed by atoms with van der Waals surface area (Å²) in [6.45, 7) is 1.23. The van der Waals surface area contributed by atoms with E-state index in [0.717, 1.165) is 8.95 Å². The van der Waals surface area contributed by atoms with Gasteiger partial charge in [-0.3, -0.25) is 4.79 Å². The van der Waals surface area contributed by atoms with Crippen LogP contribution in [0.2, 0.25) is 0 Å². The van der Waals surface area contributed by atoms with Crippen LogP contribution in [0.4, 0.5) is 0 Å². The summed E-state index contributed by atoms with van der Waals surface area (Å²) >= 11 is 6.75. The van der Waals surface area contributed by atoms with Gasteiger partial charge in [0.15, 0.2) is 6.61 Å². The van der Waals surface area contributed by atoms with Gasteiger partial charge in [0.2, 0.25) is 0 Å². The van der Waals surface area contributed by atoms with Crippen molar-refractivity contribution in [3.05, 3.63) is 27.1 Å². The van der Waals surface area contributed by atoms with Crippen LogP contribution in [0.25, 0.3) is 0 Å². The maximum Gasteiger partial charge on any atom is 0.260 e. The minimum absolute atomic E-state index is 0.0241. The number of carbonyl (C=O) groups excluding carboxylic acids is 1. The van der Waals surface area contributed by atoms with E-state index in [2.05, 4.69) is 31.9 Å². The van der Waals surface area contributed by atoms with E-state index in [0.29, 0.717) is 31.7 Å². The van der Waals surface area contributed by atoms with E-state index in [1.54, 1.807) is 11.0 Å². The first-order valence-corrected chi connectivity index (χ1v) is 7.68. The molecule has 4 nitrogen and oxygen atoms in total. The minimum Gasteiger partial charge on any atom is -0.483 e. The smallest absolute Gasteiger partial charge is 0.260 e. The summed E-state index contributed by atoms with van der Waals surface area (Å²) in [6.07, 6.45) is 1.02. The van der Waals surface area contributed by atoms with E-state index >= 15 is 0 Å². The average molecular weight is 393 g/mol. The lowest BCUT2D eigenvalue weighted by molar-refractivity contribution is -0.135. The predicted molar refractivity (Wildman–Crippen MR) is 79.2 cm³/mol. The molecule has 6 heteroatoms. The Hall–Kier alpha value is -0.590. The molecule has 0 saturated carbocycles. The van der Waals surface area contributed by atoms with Crippen LogP contribution in [-0.2, 0) is 4.79 Å². The molecule has 1 aromatic carbocycles. The summed E-state index contributed by atoms with van der Waals surface area (Å²) in [5, 5.41) is 9.40. The number of amides is 1. The van der Waals surface area contributed by atoms with Crippen LogP contribution in [0.15, 0.2) is 27.1 Å². The Bertz CT molecular complexity index is 459. The first kappa shape index (κ1) is 14.8. The highest BCUT2D eigenvalue weighted by atomic mass is 79.9. The monoisotopic (exact) mass is 391 g/mol. The second-order valence-electron chi connectivity index (χ2n) is 4.48. The van der Waals surface area contributed by atoms with Crippen molar-refractivity contribution in [3.63, 3.8) is 0 Å². The zero-order valence-electron chi connectivity index (χ0n) is 10.3. The first-order chi connectivity index (χ1) is 9.06. The number of hydrogen-bond donors (Lipinski definition) is 1. The molecule has 1 saturated heterocycles. The van der Waals surface area contributed by atoms with Crippen LogP contribution in [0.5, 0.6) is 5.75 Å². The van der Waals surface area contributed by atoms with Gasteiger partial charge in [0.25, 0.3) is 5.91 Å². The number of ether oxygens (including phenoxy) is 1. The van der Waals surface area contributed by atoms with Crippen molar-refractivity contribution >= 4 is 37.8 Å². The van der Waals surface area contributed by atoms with E-state index in [4.69, 9.17) is 4.74 Å². The van der Waals surface area contributed by atoms with Gasteiger partial charge in [0, 0.05) is 17.6 Å². The van der Waals surface area contributed by atoms with Crippen LogP contribution in [0, 0.1) is 0 Å². The summed E-state index contributed by atoms with van der Waals surface area (Å²) in [5.74, 6) is 0.607. The van der Waals surface area contributed by atoms with E-state index in [1.165, 1.54) is 0 Å². The van der Waals surface area contributed by atoms with Gasteiger partial charge in [-0.2, -0.15) is 0 Å². The molecule has 0 atom stereocenters. The molecule has 1 aliphatic rings. The topological polar surface area (TPSA) is 49.8 Å². The van der Waals surface area contributed by atoms with Crippen molar-refractivity contribution in [1.29, 1.82) is 0 Å². The Labute approximate surface area is 129 Å². The molecule has 0 aromatic heterocycles. The van der Waals surface area contributed by atoms with Crippen LogP contribution in [0.3, 0.4) is 0 Å². The lowest BCUT2D eigenvalue weighted by Gasteiger charge is -2.29. The molecule has 2 rings (SSSR count). The number of hydrogen-bond acceptors (Lipinski definition) is 3. The summed E-state index contributed by atoms with van der Waals surface area (Å²) in [7, 11) is 0. The number of rotatable bonds is 3. The molecule has 0 unspecified atom stereocenters. The highest BCUT2D eigenvalue weighted by Gasteiger charge is 2.21. The summed E-state index contributed by atoms with van der Waals surface area (Å²) in [5.41, 5.74) is 0. The van der Waals surface area contributed by atoms with Gasteiger partial charge in [-0.15, -0.1) is 0 Å². The maximum atomic E-state index is 12.0. The lowest BCUT2D eigenvalue weighted by Crippen LogP contribution is -2.42. The second kappa shape index (κ2) is 6.72. The maximum absolute atomic E-state index is 12.0. The van der Waals surface area contributed by atoms with Crippen molar-refractivity contribution in [2.24, 2.45) is 0 Å².